The number of ether oxygens (including phenoxy) is 2. The van der Waals surface area contributed by atoms with Crippen molar-refractivity contribution >= 4 is 11.9 Å². The predicted molar refractivity (Wildman–Crippen MR) is 73.9 cm³/mol. The van der Waals surface area contributed by atoms with Gasteiger partial charge in [0.1, 0.15) is 6.61 Å². The molecule has 0 spiro atoms. The maximum Gasteiger partial charge on any atom is 0.334 e. The summed E-state index contributed by atoms with van der Waals surface area (Å²) < 4.78 is 10.5. The van der Waals surface area contributed by atoms with Crippen LogP contribution in [0.4, 0.5) is 0 Å². The lowest BCUT2D eigenvalue weighted by Gasteiger charge is -2.25. The highest BCUT2D eigenvalue weighted by atomic mass is 16.6. The number of allylic oxidation sites excluding steroid dienone is 1. The molecule has 1 unspecified atom stereocenters. The van der Waals surface area contributed by atoms with Gasteiger partial charge < -0.3 is 14.6 Å². The van der Waals surface area contributed by atoms with Gasteiger partial charge in [-0.1, -0.05) is 19.4 Å². The van der Waals surface area contributed by atoms with Gasteiger partial charge in [0.05, 0.1) is 12.5 Å². The Hall–Kier alpha value is -1.36. The Morgan fingerprint density at radius 1 is 1.40 bits per heavy atom. The van der Waals surface area contributed by atoms with Crippen LogP contribution in [0.2, 0.25) is 0 Å². The van der Waals surface area contributed by atoms with E-state index in [2.05, 4.69) is 0 Å². The molecular weight excluding hydrogens is 260 g/mol. The van der Waals surface area contributed by atoms with Crippen molar-refractivity contribution in [3.05, 3.63) is 11.1 Å². The van der Waals surface area contributed by atoms with E-state index in [9.17, 15) is 14.7 Å². The summed E-state index contributed by atoms with van der Waals surface area (Å²) in [5, 5.41) is 9.51. The SMILES string of the molecule is CCC(CC)C(=O)OCC1(CO)CC(=C(C)C)C(=O)O1. The van der Waals surface area contributed by atoms with E-state index in [1.54, 1.807) is 0 Å². The van der Waals surface area contributed by atoms with E-state index in [0.717, 1.165) is 5.57 Å². The number of carbonyl (C=O) groups excluding carboxylic acids is 2. The standard InChI is InChI=1S/C15H24O5/c1-5-11(6-2)13(17)19-9-15(8-16)7-12(10(3)4)14(18)20-15/h11,16H,5-9H2,1-4H3. The lowest BCUT2D eigenvalue weighted by atomic mass is 9.97. The Kier molecular flexibility index (Phi) is 5.74. The second-order valence-electron chi connectivity index (χ2n) is 5.51. The number of carbonyl (C=O) groups is 2. The molecule has 0 amide bonds. The van der Waals surface area contributed by atoms with Crippen LogP contribution in [-0.4, -0.2) is 35.9 Å². The van der Waals surface area contributed by atoms with Crippen molar-refractivity contribution in [3.63, 3.8) is 0 Å². The molecule has 114 valence electrons. The Morgan fingerprint density at radius 3 is 2.40 bits per heavy atom. The molecule has 1 N–H and O–H groups in total. The molecule has 1 rings (SSSR count). The molecule has 20 heavy (non-hydrogen) atoms. The van der Waals surface area contributed by atoms with E-state index in [-0.39, 0.29) is 31.5 Å². The van der Waals surface area contributed by atoms with Gasteiger partial charge in [0.2, 0.25) is 0 Å². The number of cyclic esters (lactones) is 1. The van der Waals surface area contributed by atoms with Crippen LogP contribution in [0.5, 0.6) is 0 Å². The molecule has 0 aromatic rings. The molecule has 0 aliphatic carbocycles. The summed E-state index contributed by atoms with van der Waals surface area (Å²) in [5.74, 6) is -0.882. The Morgan fingerprint density at radius 2 is 2.00 bits per heavy atom. The topological polar surface area (TPSA) is 72.8 Å². The minimum absolute atomic E-state index is 0.0959. The van der Waals surface area contributed by atoms with Crippen LogP contribution in [0, 0.1) is 5.92 Å². The summed E-state index contributed by atoms with van der Waals surface area (Å²) in [6.45, 7) is 7.04. The zero-order valence-electron chi connectivity index (χ0n) is 12.7. The van der Waals surface area contributed by atoms with Crippen LogP contribution in [-0.2, 0) is 19.1 Å². The first-order valence-electron chi connectivity index (χ1n) is 7.06. The van der Waals surface area contributed by atoms with Crippen LogP contribution in [0.1, 0.15) is 47.0 Å². The molecule has 1 aliphatic heterocycles. The first kappa shape index (κ1) is 16.7. The summed E-state index contributed by atoms with van der Waals surface area (Å²) in [6.07, 6.45) is 1.70. The fraction of sp³-hybridized carbons (Fsp3) is 0.733. The van der Waals surface area contributed by atoms with Gasteiger partial charge in [-0.3, -0.25) is 4.79 Å². The average Bonchev–Trinajstić information content (AvgIpc) is 2.76. The number of aliphatic hydroxyl groups is 1. The first-order chi connectivity index (χ1) is 9.39. The maximum absolute atomic E-state index is 11.9. The molecular formula is C15H24O5. The van der Waals surface area contributed by atoms with E-state index < -0.39 is 11.6 Å². The number of esters is 2. The zero-order valence-corrected chi connectivity index (χ0v) is 12.7. The Balaban J connectivity index is 2.72. The van der Waals surface area contributed by atoms with Crippen molar-refractivity contribution in [1.29, 1.82) is 0 Å². The maximum atomic E-state index is 11.9. The lowest BCUT2D eigenvalue weighted by molar-refractivity contribution is -0.168. The fourth-order valence-electron chi connectivity index (χ4n) is 2.23. The van der Waals surface area contributed by atoms with Gasteiger partial charge in [-0.2, -0.15) is 0 Å². The molecule has 1 aliphatic rings. The summed E-state index contributed by atoms with van der Waals surface area (Å²) >= 11 is 0. The minimum Gasteiger partial charge on any atom is -0.461 e. The molecule has 1 atom stereocenters. The molecule has 0 bridgehead atoms. The van der Waals surface area contributed by atoms with E-state index in [4.69, 9.17) is 9.47 Å². The summed E-state index contributed by atoms with van der Waals surface area (Å²) in [4.78, 5) is 23.6. The highest BCUT2D eigenvalue weighted by molar-refractivity contribution is 5.92. The van der Waals surface area contributed by atoms with Crippen molar-refractivity contribution in [2.45, 2.75) is 52.6 Å². The quantitative estimate of drug-likeness (QED) is 0.596. The van der Waals surface area contributed by atoms with Gasteiger partial charge in [-0.15, -0.1) is 0 Å². The average molecular weight is 284 g/mol. The molecule has 0 aromatic heterocycles. The summed E-state index contributed by atoms with van der Waals surface area (Å²) in [6, 6.07) is 0. The zero-order chi connectivity index (χ0) is 15.3. The number of hydrogen-bond acceptors (Lipinski definition) is 5. The van der Waals surface area contributed by atoms with Crippen molar-refractivity contribution in [2.24, 2.45) is 5.92 Å². The molecule has 5 heteroatoms. The second kappa shape index (κ2) is 6.88. The molecule has 5 nitrogen and oxygen atoms in total. The third-order valence-corrected chi connectivity index (χ3v) is 3.74. The number of rotatable bonds is 6. The van der Waals surface area contributed by atoms with Gasteiger partial charge in [0.15, 0.2) is 5.60 Å². The highest BCUT2D eigenvalue weighted by Crippen LogP contribution is 2.33. The lowest BCUT2D eigenvalue weighted by Crippen LogP contribution is -2.40. The highest BCUT2D eigenvalue weighted by Gasteiger charge is 2.45. The molecule has 0 saturated carbocycles. The first-order valence-corrected chi connectivity index (χ1v) is 7.06. The monoisotopic (exact) mass is 284 g/mol. The predicted octanol–water partition coefficient (Wildman–Crippen LogP) is 1.98. The second-order valence-corrected chi connectivity index (χ2v) is 5.51. The third-order valence-electron chi connectivity index (χ3n) is 3.74. The van der Waals surface area contributed by atoms with Crippen molar-refractivity contribution < 1.29 is 24.2 Å². The van der Waals surface area contributed by atoms with Crippen LogP contribution in [0.25, 0.3) is 0 Å². The Bertz CT molecular complexity index is 404. The van der Waals surface area contributed by atoms with E-state index >= 15 is 0 Å². The molecule has 0 radical (unpaired) electrons. The van der Waals surface area contributed by atoms with Crippen molar-refractivity contribution in [3.8, 4) is 0 Å². The van der Waals surface area contributed by atoms with Gasteiger partial charge in [-0.05, 0) is 26.7 Å². The van der Waals surface area contributed by atoms with Crippen LogP contribution in [0.3, 0.4) is 0 Å². The summed E-state index contributed by atoms with van der Waals surface area (Å²) in [7, 11) is 0. The number of aliphatic hydroxyl groups excluding tert-OH is 1. The fourth-order valence-corrected chi connectivity index (χ4v) is 2.23. The largest absolute Gasteiger partial charge is 0.461 e. The molecule has 1 fully saturated rings. The molecule has 1 heterocycles. The van der Waals surface area contributed by atoms with Gasteiger partial charge in [0.25, 0.3) is 0 Å². The molecule has 1 saturated heterocycles. The van der Waals surface area contributed by atoms with Crippen molar-refractivity contribution in [1.82, 2.24) is 0 Å². The van der Waals surface area contributed by atoms with Crippen LogP contribution in [0.15, 0.2) is 11.1 Å². The third kappa shape index (κ3) is 3.60. The summed E-state index contributed by atoms with van der Waals surface area (Å²) in [5.41, 5.74) is 0.292. The van der Waals surface area contributed by atoms with Gasteiger partial charge >= 0.3 is 11.9 Å². The van der Waals surface area contributed by atoms with Crippen molar-refractivity contribution in [2.75, 3.05) is 13.2 Å². The van der Waals surface area contributed by atoms with Gasteiger partial charge in [-0.25, -0.2) is 4.79 Å². The van der Waals surface area contributed by atoms with Crippen LogP contribution >= 0.6 is 0 Å². The smallest absolute Gasteiger partial charge is 0.334 e. The minimum atomic E-state index is -1.12. The van der Waals surface area contributed by atoms with E-state index in [1.165, 1.54) is 0 Å². The van der Waals surface area contributed by atoms with E-state index in [1.807, 2.05) is 27.7 Å². The van der Waals surface area contributed by atoms with E-state index in [0.29, 0.717) is 18.4 Å². The number of hydrogen-bond donors (Lipinski definition) is 1. The molecule has 0 aromatic carbocycles. The Labute approximate surface area is 119 Å². The normalized spacial score (nSPS) is 22.1. The van der Waals surface area contributed by atoms with Crippen LogP contribution < -0.4 is 0 Å². The van der Waals surface area contributed by atoms with Gasteiger partial charge in [0, 0.05) is 12.0 Å².